The van der Waals surface area contributed by atoms with Gasteiger partial charge >= 0.3 is 0 Å². The Morgan fingerprint density at radius 1 is 1.05 bits per heavy atom. The van der Waals surface area contributed by atoms with E-state index in [9.17, 15) is 0 Å². The molecule has 0 aromatic rings. The molecule has 116 valence electrons. The Bertz CT molecular complexity index is 182. The van der Waals surface area contributed by atoms with E-state index in [0.29, 0.717) is 6.10 Å². The summed E-state index contributed by atoms with van der Waals surface area (Å²) in [7, 11) is 0. The van der Waals surface area contributed by atoms with Gasteiger partial charge < -0.3 is 15.0 Å². The molecule has 1 N–H and O–H groups in total. The van der Waals surface area contributed by atoms with Gasteiger partial charge in [-0.05, 0) is 39.3 Å². The number of likely N-dealkylation sites (N-methyl/N-ethyl adjacent to an activating group) is 1. The van der Waals surface area contributed by atoms with Crippen LogP contribution in [0.2, 0.25) is 0 Å². The Morgan fingerprint density at radius 2 is 1.74 bits per heavy atom. The molecule has 0 atom stereocenters. The number of nitrogens with zero attached hydrogens (tertiary/aromatic N) is 1. The van der Waals surface area contributed by atoms with E-state index in [-0.39, 0.29) is 0 Å². The zero-order valence-electron chi connectivity index (χ0n) is 13.9. The standard InChI is InChI=1S/C16H36N2O/c1-6-16(7-2)14-18(8-3)12-11-17-10-9-13-19-15(4)5/h15-17H,6-14H2,1-5H3. The molecule has 0 aliphatic rings. The molecule has 0 radical (unpaired) electrons. The highest BCUT2D eigenvalue weighted by Gasteiger charge is 2.09. The second-order valence-electron chi connectivity index (χ2n) is 5.60. The van der Waals surface area contributed by atoms with E-state index in [2.05, 4.69) is 44.8 Å². The zero-order chi connectivity index (χ0) is 14.5. The fraction of sp³-hybridized carbons (Fsp3) is 1.00. The van der Waals surface area contributed by atoms with Crippen molar-refractivity contribution in [2.45, 2.75) is 60.0 Å². The van der Waals surface area contributed by atoms with E-state index in [4.69, 9.17) is 4.74 Å². The van der Waals surface area contributed by atoms with Crippen molar-refractivity contribution >= 4 is 0 Å². The van der Waals surface area contributed by atoms with Crippen LogP contribution in [0.3, 0.4) is 0 Å². The first-order valence-electron chi connectivity index (χ1n) is 8.18. The molecule has 19 heavy (non-hydrogen) atoms. The van der Waals surface area contributed by atoms with Crippen LogP contribution in [0.25, 0.3) is 0 Å². The average molecular weight is 272 g/mol. The minimum atomic E-state index is 0.357. The van der Waals surface area contributed by atoms with Gasteiger partial charge in [0, 0.05) is 26.2 Å². The van der Waals surface area contributed by atoms with Crippen molar-refractivity contribution < 1.29 is 4.74 Å². The minimum absolute atomic E-state index is 0.357. The molecule has 0 aromatic heterocycles. The predicted octanol–water partition coefficient (Wildman–Crippen LogP) is 3.15. The van der Waals surface area contributed by atoms with Crippen LogP contribution in [-0.2, 0) is 4.74 Å². The first-order chi connectivity index (χ1) is 9.13. The summed E-state index contributed by atoms with van der Waals surface area (Å²) in [6, 6.07) is 0. The van der Waals surface area contributed by atoms with Crippen LogP contribution in [0.5, 0.6) is 0 Å². The number of nitrogens with one attached hydrogen (secondary N) is 1. The lowest BCUT2D eigenvalue weighted by molar-refractivity contribution is 0.0770. The minimum Gasteiger partial charge on any atom is -0.379 e. The van der Waals surface area contributed by atoms with Gasteiger partial charge in [0.1, 0.15) is 0 Å². The van der Waals surface area contributed by atoms with Crippen LogP contribution in [0, 0.1) is 5.92 Å². The summed E-state index contributed by atoms with van der Waals surface area (Å²) in [4.78, 5) is 2.56. The number of rotatable bonds is 13. The van der Waals surface area contributed by atoms with E-state index in [0.717, 1.165) is 45.1 Å². The van der Waals surface area contributed by atoms with E-state index < -0.39 is 0 Å². The molecule has 0 unspecified atom stereocenters. The normalized spacial score (nSPS) is 12.0. The summed E-state index contributed by atoms with van der Waals surface area (Å²) in [6.45, 7) is 17.6. The highest BCUT2D eigenvalue weighted by Crippen LogP contribution is 2.09. The van der Waals surface area contributed by atoms with Crippen molar-refractivity contribution in [2.24, 2.45) is 5.92 Å². The fourth-order valence-corrected chi connectivity index (χ4v) is 2.17. The number of hydrogen-bond acceptors (Lipinski definition) is 3. The van der Waals surface area contributed by atoms with E-state index in [1.807, 2.05) is 0 Å². The molecule has 0 rings (SSSR count). The maximum atomic E-state index is 5.52. The molecule has 0 spiro atoms. The molecule has 0 amide bonds. The third-order valence-corrected chi connectivity index (χ3v) is 3.67. The van der Waals surface area contributed by atoms with Crippen LogP contribution < -0.4 is 5.32 Å². The second kappa shape index (κ2) is 12.9. The maximum absolute atomic E-state index is 5.52. The predicted molar refractivity (Wildman–Crippen MR) is 84.8 cm³/mol. The van der Waals surface area contributed by atoms with E-state index >= 15 is 0 Å². The first-order valence-corrected chi connectivity index (χ1v) is 8.18. The zero-order valence-corrected chi connectivity index (χ0v) is 13.9. The van der Waals surface area contributed by atoms with Crippen LogP contribution >= 0.6 is 0 Å². The molecule has 0 fully saturated rings. The van der Waals surface area contributed by atoms with Crippen molar-refractivity contribution in [3.63, 3.8) is 0 Å². The van der Waals surface area contributed by atoms with Crippen molar-refractivity contribution in [3.05, 3.63) is 0 Å². The van der Waals surface area contributed by atoms with Gasteiger partial charge in [0.05, 0.1) is 6.10 Å². The molecule has 0 aliphatic heterocycles. The third kappa shape index (κ3) is 11.4. The maximum Gasteiger partial charge on any atom is 0.0518 e. The Hall–Kier alpha value is -0.120. The van der Waals surface area contributed by atoms with Crippen LogP contribution in [0.4, 0.5) is 0 Å². The summed E-state index contributed by atoms with van der Waals surface area (Å²) >= 11 is 0. The largest absolute Gasteiger partial charge is 0.379 e. The highest BCUT2D eigenvalue weighted by molar-refractivity contribution is 4.64. The summed E-state index contributed by atoms with van der Waals surface area (Å²) in [5.74, 6) is 0.861. The van der Waals surface area contributed by atoms with Gasteiger partial charge in [0.2, 0.25) is 0 Å². The Balaban J connectivity index is 3.50. The van der Waals surface area contributed by atoms with E-state index in [1.54, 1.807) is 0 Å². The SMILES string of the molecule is CCC(CC)CN(CC)CCNCCCOC(C)C. The molecular formula is C16H36N2O. The molecule has 0 bridgehead atoms. The number of hydrogen-bond donors (Lipinski definition) is 1. The summed E-state index contributed by atoms with van der Waals surface area (Å²) in [6.07, 6.45) is 4.06. The van der Waals surface area contributed by atoms with Crippen molar-refractivity contribution in [2.75, 3.05) is 39.3 Å². The quantitative estimate of drug-likeness (QED) is 0.521. The van der Waals surface area contributed by atoms with Gasteiger partial charge in [-0.2, -0.15) is 0 Å². The van der Waals surface area contributed by atoms with Crippen LogP contribution in [0.1, 0.15) is 53.9 Å². The molecular weight excluding hydrogens is 236 g/mol. The Morgan fingerprint density at radius 3 is 2.26 bits per heavy atom. The first kappa shape index (κ1) is 18.9. The van der Waals surface area contributed by atoms with Gasteiger partial charge in [-0.1, -0.05) is 33.6 Å². The monoisotopic (exact) mass is 272 g/mol. The van der Waals surface area contributed by atoms with Crippen LogP contribution in [0.15, 0.2) is 0 Å². The van der Waals surface area contributed by atoms with Crippen molar-refractivity contribution in [3.8, 4) is 0 Å². The van der Waals surface area contributed by atoms with E-state index in [1.165, 1.54) is 19.4 Å². The second-order valence-corrected chi connectivity index (χ2v) is 5.60. The molecule has 0 saturated heterocycles. The molecule has 0 aromatic carbocycles. The van der Waals surface area contributed by atoms with Gasteiger partial charge in [0.15, 0.2) is 0 Å². The van der Waals surface area contributed by atoms with Crippen molar-refractivity contribution in [1.82, 2.24) is 10.2 Å². The van der Waals surface area contributed by atoms with Crippen LogP contribution in [-0.4, -0.2) is 50.3 Å². The average Bonchev–Trinajstić information content (AvgIpc) is 2.40. The lowest BCUT2D eigenvalue weighted by Crippen LogP contribution is -2.35. The lowest BCUT2D eigenvalue weighted by atomic mass is 10.0. The lowest BCUT2D eigenvalue weighted by Gasteiger charge is -2.25. The molecule has 0 heterocycles. The molecule has 3 heteroatoms. The van der Waals surface area contributed by atoms with Crippen molar-refractivity contribution in [1.29, 1.82) is 0 Å². The smallest absolute Gasteiger partial charge is 0.0518 e. The summed E-state index contributed by atoms with van der Waals surface area (Å²) in [5, 5.41) is 3.51. The topological polar surface area (TPSA) is 24.5 Å². The summed E-state index contributed by atoms with van der Waals surface area (Å²) < 4.78 is 5.52. The molecule has 0 aliphatic carbocycles. The summed E-state index contributed by atoms with van der Waals surface area (Å²) in [5.41, 5.74) is 0. The van der Waals surface area contributed by atoms with Gasteiger partial charge in [-0.25, -0.2) is 0 Å². The Labute approximate surface area is 121 Å². The van der Waals surface area contributed by atoms with Gasteiger partial charge in [-0.15, -0.1) is 0 Å². The number of ether oxygens (including phenoxy) is 1. The fourth-order valence-electron chi connectivity index (χ4n) is 2.17. The molecule has 0 saturated carbocycles. The Kier molecular flexibility index (Phi) is 12.8. The highest BCUT2D eigenvalue weighted by atomic mass is 16.5. The third-order valence-electron chi connectivity index (χ3n) is 3.67. The van der Waals surface area contributed by atoms with Gasteiger partial charge in [-0.3, -0.25) is 0 Å². The molecule has 3 nitrogen and oxygen atoms in total. The van der Waals surface area contributed by atoms with Gasteiger partial charge in [0.25, 0.3) is 0 Å².